The number of carbonyl (C=O) groups is 2. The molecule has 1 atom stereocenters. The number of thioether (sulfide) groups is 1. The topological polar surface area (TPSA) is 103 Å². The van der Waals surface area contributed by atoms with Gasteiger partial charge in [-0.1, -0.05) is 36.0 Å². The molecule has 0 saturated carbocycles. The Morgan fingerprint density at radius 3 is 2.75 bits per heavy atom. The summed E-state index contributed by atoms with van der Waals surface area (Å²) in [6, 6.07) is 13.2. The third-order valence-corrected chi connectivity index (χ3v) is 4.77. The second-order valence-electron chi connectivity index (χ2n) is 5.77. The molecule has 0 aliphatic carbocycles. The van der Waals surface area contributed by atoms with Crippen LogP contribution in [0, 0.1) is 5.82 Å². The van der Waals surface area contributed by atoms with Crippen LogP contribution in [0.4, 0.5) is 4.39 Å². The van der Waals surface area contributed by atoms with Crippen LogP contribution in [0.5, 0.6) is 5.75 Å². The van der Waals surface area contributed by atoms with Crippen molar-refractivity contribution in [3.05, 3.63) is 65.5 Å². The van der Waals surface area contributed by atoms with Crippen LogP contribution >= 0.6 is 11.8 Å². The average Bonchev–Trinajstić information content (AvgIpc) is 3.01. The van der Waals surface area contributed by atoms with Crippen molar-refractivity contribution in [2.24, 2.45) is 10.2 Å². The number of para-hydroxylation sites is 1. The van der Waals surface area contributed by atoms with Crippen molar-refractivity contribution < 1.29 is 23.8 Å². The first-order chi connectivity index (χ1) is 13.5. The van der Waals surface area contributed by atoms with E-state index in [1.165, 1.54) is 18.3 Å². The minimum absolute atomic E-state index is 0.220. The van der Waals surface area contributed by atoms with Crippen molar-refractivity contribution in [2.75, 3.05) is 0 Å². The van der Waals surface area contributed by atoms with Gasteiger partial charge in [-0.15, -0.1) is 5.10 Å². The monoisotopic (exact) mass is 400 g/mol. The van der Waals surface area contributed by atoms with Crippen LogP contribution in [-0.2, 0) is 16.2 Å². The van der Waals surface area contributed by atoms with Gasteiger partial charge in [-0.2, -0.15) is 5.10 Å². The van der Waals surface area contributed by atoms with Crippen LogP contribution in [0.2, 0.25) is 0 Å². The highest BCUT2D eigenvalue weighted by molar-refractivity contribution is 8.15. The number of carboxylic acids is 1. The number of rotatable bonds is 7. The van der Waals surface area contributed by atoms with Gasteiger partial charge < -0.3 is 20.0 Å². The highest BCUT2D eigenvalue weighted by Gasteiger charge is 2.30. The number of ether oxygens (including phenoxy) is 1. The predicted molar refractivity (Wildman–Crippen MR) is 101 cm³/mol. The van der Waals surface area contributed by atoms with Crippen molar-refractivity contribution >= 4 is 35.0 Å². The molecule has 2 aromatic carbocycles. The fourth-order valence-electron chi connectivity index (χ4n) is 2.34. The van der Waals surface area contributed by atoms with Crippen molar-refractivity contribution in [2.45, 2.75) is 18.3 Å². The predicted octanol–water partition coefficient (Wildman–Crippen LogP) is 1.47. The van der Waals surface area contributed by atoms with Gasteiger partial charge in [0.15, 0.2) is 5.17 Å². The molecule has 0 bridgehead atoms. The first-order valence-corrected chi connectivity index (χ1v) is 9.14. The number of benzene rings is 2. The van der Waals surface area contributed by atoms with Gasteiger partial charge in [-0.05, 0) is 29.8 Å². The van der Waals surface area contributed by atoms with Crippen LogP contribution in [0.15, 0.2) is 58.7 Å². The van der Waals surface area contributed by atoms with E-state index in [0.29, 0.717) is 11.3 Å². The van der Waals surface area contributed by atoms with E-state index in [4.69, 9.17) is 4.74 Å². The quantitative estimate of drug-likeness (QED) is 0.560. The number of nitrogens with zero attached hydrogens (tertiary/aromatic N) is 2. The number of hydrogen-bond donors (Lipinski definition) is 1. The SMILES string of the molecule is O=C([O-])C[C@@H]1S/C(=N\N=C/c2ccccc2OCc2ccc(F)cc2)NC1=O. The van der Waals surface area contributed by atoms with Gasteiger partial charge >= 0.3 is 0 Å². The molecule has 0 spiro atoms. The highest BCUT2D eigenvalue weighted by Crippen LogP contribution is 2.22. The van der Waals surface area contributed by atoms with Gasteiger partial charge in [0.05, 0.1) is 11.5 Å². The van der Waals surface area contributed by atoms with E-state index in [1.807, 2.05) is 0 Å². The van der Waals surface area contributed by atoms with E-state index >= 15 is 0 Å². The molecule has 1 N–H and O–H groups in total. The molecule has 144 valence electrons. The standard InChI is InChI=1S/C19H16FN3O4S/c20-14-7-5-12(6-8-14)11-27-15-4-2-1-3-13(15)10-21-23-19-22-18(26)16(28-19)9-17(24)25/h1-8,10,16H,9,11H2,(H,24,25)(H,22,23,26)/p-1/b21-10-/t16-/m0/s1. The normalized spacial score (nSPS) is 17.8. The number of carboxylic acid groups (broad SMARTS) is 1. The summed E-state index contributed by atoms with van der Waals surface area (Å²) in [5.41, 5.74) is 1.48. The lowest BCUT2D eigenvalue weighted by atomic mass is 10.2. The second-order valence-corrected chi connectivity index (χ2v) is 6.97. The largest absolute Gasteiger partial charge is 0.550 e. The van der Waals surface area contributed by atoms with Gasteiger partial charge in [0, 0.05) is 18.0 Å². The molecule has 1 fully saturated rings. The molecule has 7 nitrogen and oxygen atoms in total. The zero-order chi connectivity index (χ0) is 19.9. The molecule has 3 rings (SSSR count). The molecule has 1 heterocycles. The summed E-state index contributed by atoms with van der Waals surface area (Å²) in [5.74, 6) is -1.49. The molecule has 1 aliphatic rings. The summed E-state index contributed by atoms with van der Waals surface area (Å²) in [4.78, 5) is 22.3. The van der Waals surface area contributed by atoms with E-state index in [9.17, 15) is 19.1 Å². The zero-order valence-corrected chi connectivity index (χ0v) is 15.3. The Bertz CT molecular complexity index is 931. The third-order valence-electron chi connectivity index (χ3n) is 3.70. The molecule has 9 heteroatoms. The van der Waals surface area contributed by atoms with Gasteiger partial charge in [0.1, 0.15) is 18.2 Å². The second kappa shape index (κ2) is 9.14. The Kier molecular flexibility index (Phi) is 6.38. The van der Waals surface area contributed by atoms with E-state index in [-0.39, 0.29) is 24.0 Å². The molecule has 0 radical (unpaired) electrons. The number of nitrogens with one attached hydrogen (secondary N) is 1. The zero-order valence-electron chi connectivity index (χ0n) is 14.5. The highest BCUT2D eigenvalue weighted by atomic mass is 32.2. The fraction of sp³-hybridized carbons (Fsp3) is 0.158. The summed E-state index contributed by atoms with van der Waals surface area (Å²) in [6.07, 6.45) is 1.07. The van der Waals surface area contributed by atoms with Crippen molar-refractivity contribution in [1.29, 1.82) is 0 Å². The smallest absolute Gasteiger partial charge is 0.239 e. The molecule has 0 aromatic heterocycles. The Hall–Kier alpha value is -3.20. The Labute approximate surface area is 164 Å². The van der Waals surface area contributed by atoms with E-state index in [2.05, 4.69) is 15.5 Å². The summed E-state index contributed by atoms with van der Waals surface area (Å²) < 4.78 is 18.7. The molecule has 1 saturated heterocycles. The Morgan fingerprint density at radius 2 is 2.00 bits per heavy atom. The molecule has 28 heavy (non-hydrogen) atoms. The minimum atomic E-state index is -1.30. The summed E-state index contributed by atoms with van der Waals surface area (Å²) >= 11 is 0.988. The first-order valence-electron chi connectivity index (χ1n) is 8.26. The maximum absolute atomic E-state index is 13.0. The summed E-state index contributed by atoms with van der Waals surface area (Å²) in [6.45, 7) is 0.260. The minimum Gasteiger partial charge on any atom is -0.550 e. The van der Waals surface area contributed by atoms with Crippen molar-refractivity contribution in [3.63, 3.8) is 0 Å². The Balaban J connectivity index is 1.63. The average molecular weight is 400 g/mol. The number of halogens is 1. The van der Waals surface area contributed by atoms with E-state index < -0.39 is 17.1 Å². The van der Waals surface area contributed by atoms with Crippen LogP contribution in [-0.4, -0.2) is 28.5 Å². The van der Waals surface area contributed by atoms with Gasteiger partial charge in [-0.3, -0.25) is 4.79 Å². The molecular weight excluding hydrogens is 385 g/mol. The third kappa shape index (κ3) is 5.40. The van der Waals surface area contributed by atoms with Crippen molar-refractivity contribution in [3.8, 4) is 5.75 Å². The van der Waals surface area contributed by atoms with Gasteiger partial charge in [0.2, 0.25) is 5.91 Å². The number of amides is 1. The first kappa shape index (κ1) is 19.6. The molecule has 1 aliphatic heterocycles. The number of aliphatic carboxylic acids is 1. The number of carbonyl (C=O) groups excluding carboxylic acids is 2. The van der Waals surface area contributed by atoms with Gasteiger partial charge in [0.25, 0.3) is 0 Å². The molecule has 1 amide bonds. The molecule has 0 unspecified atom stereocenters. The van der Waals surface area contributed by atoms with E-state index in [0.717, 1.165) is 17.3 Å². The lowest BCUT2D eigenvalue weighted by molar-refractivity contribution is -0.305. The van der Waals surface area contributed by atoms with Crippen LogP contribution in [0.3, 0.4) is 0 Å². The van der Waals surface area contributed by atoms with E-state index in [1.54, 1.807) is 36.4 Å². The number of amidine groups is 1. The lowest BCUT2D eigenvalue weighted by Gasteiger charge is -2.08. The van der Waals surface area contributed by atoms with Crippen LogP contribution in [0.25, 0.3) is 0 Å². The molecular formula is C19H15FN3O4S-. The summed E-state index contributed by atoms with van der Waals surface area (Å²) in [5, 5.41) is 20.4. The van der Waals surface area contributed by atoms with Crippen LogP contribution in [0.1, 0.15) is 17.5 Å². The Morgan fingerprint density at radius 1 is 1.25 bits per heavy atom. The molecule has 2 aromatic rings. The maximum Gasteiger partial charge on any atom is 0.239 e. The van der Waals surface area contributed by atoms with Crippen molar-refractivity contribution in [1.82, 2.24) is 5.32 Å². The number of hydrogen-bond acceptors (Lipinski definition) is 7. The van der Waals surface area contributed by atoms with Gasteiger partial charge in [-0.25, -0.2) is 4.39 Å². The van der Waals surface area contributed by atoms with Crippen LogP contribution < -0.4 is 15.2 Å². The lowest BCUT2D eigenvalue weighted by Crippen LogP contribution is -2.31. The fourth-order valence-corrected chi connectivity index (χ4v) is 3.25. The maximum atomic E-state index is 13.0. The summed E-state index contributed by atoms with van der Waals surface area (Å²) in [7, 11) is 0.